The van der Waals surface area contributed by atoms with Gasteiger partial charge in [0.05, 0.1) is 0 Å². The molecule has 2 aromatic rings. The molecule has 0 radical (unpaired) electrons. The Bertz CT molecular complexity index is 641. The lowest BCUT2D eigenvalue weighted by Crippen LogP contribution is -2.33. The van der Waals surface area contributed by atoms with E-state index in [9.17, 15) is 4.39 Å². The fourth-order valence-electron chi connectivity index (χ4n) is 3.33. The van der Waals surface area contributed by atoms with Gasteiger partial charge in [0.15, 0.2) is 0 Å². The van der Waals surface area contributed by atoms with Crippen LogP contribution in [0.3, 0.4) is 0 Å². The first kappa shape index (κ1) is 14.6. The Balaban J connectivity index is 1.83. The van der Waals surface area contributed by atoms with Gasteiger partial charge in [0.25, 0.3) is 0 Å². The van der Waals surface area contributed by atoms with E-state index in [1.54, 1.807) is 6.07 Å². The summed E-state index contributed by atoms with van der Waals surface area (Å²) in [4.78, 5) is 0. The minimum atomic E-state index is -0.259. The number of halogens is 2. The maximum atomic E-state index is 13.4. The first-order valence-corrected chi connectivity index (χ1v) is 7.80. The summed E-state index contributed by atoms with van der Waals surface area (Å²) in [6, 6.07) is 13.0. The summed E-state index contributed by atoms with van der Waals surface area (Å²) < 4.78 is 13.4. The van der Waals surface area contributed by atoms with Crippen LogP contribution in [0.25, 0.3) is 0 Å². The molecule has 0 aliphatic heterocycles. The second-order valence-corrected chi connectivity index (χ2v) is 6.21. The van der Waals surface area contributed by atoms with Gasteiger partial charge in [-0.05, 0) is 66.5 Å². The van der Waals surface area contributed by atoms with Crippen LogP contribution in [0, 0.1) is 5.82 Å². The molecule has 0 saturated heterocycles. The van der Waals surface area contributed by atoms with Gasteiger partial charge in [-0.1, -0.05) is 35.9 Å². The highest BCUT2D eigenvalue weighted by atomic mass is 35.5. The summed E-state index contributed by atoms with van der Waals surface area (Å²) in [5, 5.41) is 0.593. The third-order valence-corrected chi connectivity index (χ3v) is 4.76. The summed E-state index contributed by atoms with van der Waals surface area (Å²) in [5.41, 5.74) is 9.98. The zero-order chi connectivity index (χ0) is 14.8. The lowest BCUT2D eigenvalue weighted by molar-refractivity contribution is 0.459. The minimum absolute atomic E-state index is 0.0363. The molecule has 0 fully saturated rings. The molecule has 1 nitrogen and oxygen atoms in total. The van der Waals surface area contributed by atoms with Gasteiger partial charge in [0.2, 0.25) is 0 Å². The average molecular weight is 304 g/mol. The molecule has 0 heterocycles. The van der Waals surface area contributed by atoms with Gasteiger partial charge in [0, 0.05) is 11.1 Å². The first-order chi connectivity index (χ1) is 10.1. The van der Waals surface area contributed by atoms with Crippen molar-refractivity contribution < 1.29 is 4.39 Å². The van der Waals surface area contributed by atoms with Gasteiger partial charge in [0.1, 0.15) is 5.82 Å². The fourth-order valence-corrected chi connectivity index (χ4v) is 3.53. The molecule has 3 rings (SSSR count). The van der Waals surface area contributed by atoms with E-state index >= 15 is 0 Å². The van der Waals surface area contributed by atoms with Crippen molar-refractivity contribution in [2.75, 3.05) is 0 Å². The Kier molecular flexibility index (Phi) is 4.27. The number of rotatable bonds is 3. The monoisotopic (exact) mass is 303 g/mol. The summed E-state index contributed by atoms with van der Waals surface area (Å²) >= 11 is 6.16. The largest absolute Gasteiger partial charge is 0.327 e. The Labute approximate surface area is 129 Å². The molecule has 0 aromatic heterocycles. The van der Waals surface area contributed by atoms with Crippen molar-refractivity contribution >= 4 is 11.6 Å². The summed E-state index contributed by atoms with van der Waals surface area (Å²) in [6.45, 7) is 0. The van der Waals surface area contributed by atoms with E-state index in [4.69, 9.17) is 17.3 Å². The van der Waals surface area contributed by atoms with E-state index in [-0.39, 0.29) is 11.9 Å². The lowest BCUT2D eigenvalue weighted by atomic mass is 9.77. The highest BCUT2D eigenvalue weighted by Crippen LogP contribution is 2.34. The number of hydrogen-bond donors (Lipinski definition) is 1. The van der Waals surface area contributed by atoms with Gasteiger partial charge >= 0.3 is 0 Å². The van der Waals surface area contributed by atoms with Gasteiger partial charge in [-0.3, -0.25) is 0 Å². The molecule has 0 saturated carbocycles. The highest BCUT2D eigenvalue weighted by Gasteiger charge is 2.25. The number of hydrogen-bond acceptors (Lipinski definition) is 1. The summed E-state index contributed by atoms with van der Waals surface area (Å²) in [6.07, 6.45) is 3.98. The van der Waals surface area contributed by atoms with E-state index in [1.807, 2.05) is 0 Å². The number of fused-ring (bicyclic) bond motifs is 1. The van der Waals surface area contributed by atoms with Crippen LogP contribution < -0.4 is 5.73 Å². The van der Waals surface area contributed by atoms with Gasteiger partial charge in [-0.25, -0.2) is 4.39 Å². The van der Waals surface area contributed by atoms with E-state index in [0.717, 1.165) is 24.8 Å². The molecule has 2 unspecified atom stereocenters. The summed E-state index contributed by atoms with van der Waals surface area (Å²) in [5.74, 6) is 0.0694. The molecule has 2 aromatic carbocycles. The predicted octanol–water partition coefficient (Wildman–Crippen LogP) is 4.47. The molecular weight excluding hydrogens is 285 g/mol. The van der Waals surface area contributed by atoms with Crippen LogP contribution in [-0.2, 0) is 12.8 Å². The van der Waals surface area contributed by atoms with E-state index in [0.29, 0.717) is 17.4 Å². The number of benzene rings is 2. The van der Waals surface area contributed by atoms with Crippen LogP contribution in [0.1, 0.15) is 35.4 Å². The van der Waals surface area contributed by atoms with E-state index < -0.39 is 0 Å². The highest BCUT2D eigenvalue weighted by molar-refractivity contribution is 6.31. The lowest BCUT2D eigenvalue weighted by Gasteiger charge is -2.30. The molecular formula is C18H19ClFN. The van der Waals surface area contributed by atoms with Crippen molar-refractivity contribution in [2.45, 2.75) is 37.6 Å². The minimum Gasteiger partial charge on any atom is -0.327 e. The zero-order valence-electron chi connectivity index (χ0n) is 11.9. The summed E-state index contributed by atoms with van der Waals surface area (Å²) in [7, 11) is 0. The van der Waals surface area contributed by atoms with Crippen LogP contribution in [0.4, 0.5) is 4.39 Å². The molecule has 110 valence electrons. The number of nitrogens with two attached hydrogens (primary N) is 1. The van der Waals surface area contributed by atoms with Crippen LogP contribution in [-0.4, -0.2) is 6.04 Å². The molecule has 1 aliphatic carbocycles. The molecule has 3 heteroatoms. The molecule has 0 amide bonds. The third-order valence-electron chi connectivity index (χ3n) is 4.40. The van der Waals surface area contributed by atoms with Crippen molar-refractivity contribution in [3.05, 3.63) is 70.0 Å². The molecule has 21 heavy (non-hydrogen) atoms. The maximum Gasteiger partial charge on any atom is 0.123 e. The van der Waals surface area contributed by atoms with Crippen LogP contribution >= 0.6 is 11.6 Å². The average Bonchev–Trinajstić information content (AvgIpc) is 2.50. The van der Waals surface area contributed by atoms with Crippen LogP contribution in [0.2, 0.25) is 5.02 Å². The van der Waals surface area contributed by atoms with Crippen molar-refractivity contribution in [3.8, 4) is 0 Å². The second kappa shape index (κ2) is 6.17. The normalized spacial score (nSPS) is 19.1. The van der Waals surface area contributed by atoms with Crippen LogP contribution in [0.15, 0.2) is 42.5 Å². The van der Waals surface area contributed by atoms with Gasteiger partial charge < -0.3 is 5.73 Å². The third kappa shape index (κ3) is 3.12. The quantitative estimate of drug-likeness (QED) is 0.889. The smallest absolute Gasteiger partial charge is 0.123 e. The van der Waals surface area contributed by atoms with Crippen LogP contribution in [0.5, 0.6) is 0 Å². The fraction of sp³-hybridized carbons (Fsp3) is 0.333. The van der Waals surface area contributed by atoms with Gasteiger partial charge in [-0.2, -0.15) is 0 Å². The topological polar surface area (TPSA) is 26.0 Å². The molecule has 2 N–H and O–H groups in total. The standard InChI is InChI=1S/C18H19ClFN/c19-17-9-8-14(20)10-13(17)11-18(21)16-7-3-5-12-4-1-2-6-15(12)16/h1-2,4,6,8-10,16,18H,3,5,7,11,21H2. The van der Waals surface area contributed by atoms with Crippen molar-refractivity contribution in [1.29, 1.82) is 0 Å². The Morgan fingerprint density at radius 2 is 2.05 bits per heavy atom. The molecule has 2 atom stereocenters. The molecule has 0 bridgehead atoms. The maximum absolute atomic E-state index is 13.4. The SMILES string of the molecule is NC(Cc1cc(F)ccc1Cl)C1CCCc2ccccc21. The van der Waals surface area contributed by atoms with Crippen molar-refractivity contribution in [3.63, 3.8) is 0 Å². The first-order valence-electron chi connectivity index (χ1n) is 7.42. The number of aryl methyl sites for hydroxylation is 1. The Morgan fingerprint density at radius 3 is 2.90 bits per heavy atom. The zero-order valence-corrected chi connectivity index (χ0v) is 12.6. The molecule has 1 aliphatic rings. The van der Waals surface area contributed by atoms with E-state index in [1.165, 1.54) is 23.3 Å². The predicted molar refractivity (Wildman–Crippen MR) is 85.2 cm³/mol. The Morgan fingerprint density at radius 1 is 1.24 bits per heavy atom. The Hall–Kier alpha value is -1.38. The van der Waals surface area contributed by atoms with Crippen molar-refractivity contribution in [2.24, 2.45) is 5.73 Å². The molecule has 0 spiro atoms. The van der Waals surface area contributed by atoms with Crippen molar-refractivity contribution in [1.82, 2.24) is 0 Å². The van der Waals surface area contributed by atoms with E-state index in [2.05, 4.69) is 24.3 Å². The van der Waals surface area contributed by atoms with Gasteiger partial charge in [-0.15, -0.1) is 0 Å². The second-order valence-electron chi connectivity index (χ2n) is 5.80.